The molecule has 0 aliphatic rings. The molecule has 0 bridgehead atoms. The fraction of sp³-hybridized carbons (Fsp3) is 0.250. The Morgan fingerprint density at radius 2 is 1.92 bits per heavy atom. The first-order valence-corrected chi connectivity index (χ1v) is 8.06. The topological polar surface area (TPSA) is 84.2 Å². The van der Waals surface area contributed by atoms with Gasteiger partial charge in [-0.1, -0.05) is 6.07 Å². The number of rotatable bonds is 6. The first-order chi connectivity index (χ1) is 11.3. The molecule has 1 aromatic carbocycles. The lowest BCUT2D eigenvalue weighted by atomic mass is 10.1. The summed E-state index contributed by atoms with van der Waals surface area (Å²) in [6.07, 6.45) is 0. The Hall–Kier alpha value is -2.32. The van der Waals surface area contributed by atoms with Crippen molar-refractivity contribution in [2.75, 3.05) is 5.32 Å². The fourth-order valence-electron chi connectivity index (χ4n) is 2.21. The van der Waals surface area contributed by atoms with Crippen molar-refractivity contribution in [3.05, 3.63) is 52.4 Å². The number of nitrogens with two attached hydrogens (primary N) is 1. The second-order valence-corrected chi connectivity index (χ2v) is 6.21. The van der Waals surface area contributed by atoms with Crippen LogP contribution < -0.4 is 16.4 Å². The molecule has 0 radical (unpaired) electrons. The molecular formula is C16H17F2N3O2S. The molecule has 0 spiro atoms. The molecule has 5 nitrogen and oxygen atoms in total. The summed E-state index contributed by atoms with van der Waals surface area (Å²) in [7, 11) is 0. The van der Waals surface area contributed by atoms with Gasteiger partial charge in [0.2, 0.25) is 5.91 Å². The molecule has 0 aliphatic heterocycles. The summed E-state index contributed by atoms with van der Waals surface area (Å²) >= 11 is 1.18. The van der Waals surface area contributed by atoms with Crippen LogP contribution in [0.1, 0.15) is 35.8 Å². The molecular weight excluding hydrogens is 336 g/mol. The number of hydrogen-bond donors (Lipinski definition) is 3. The summed E-state index contributed by atoms with van der Waals surface area (Å²) in [6, 6.07) is 3.63. The number of anilines is 1. The van der Waals surface area contributed by atoms with Crippen molar-refractivity contribution < 1.29 is 18.4 Å². The van der Waals surface area contributed by atoms with E-state index in [1.165, 1.54) is 23.5 Å². The molecule has 24 heavy (non-hydrogen) atoms. The van der Waals surface area contributed by atoms with E-state index < -0.39 is 35.5 Å². The Kier molecular flexibility index (Phi) is 5.63. The van der Waals surface area contributed by atoms with E-state index in [1.54, 1.807) is 19.2 Å². The van der Waals surface area contributed by atoms with Crippen molar-refractivity contribution in [3.63, 3.8) is 0 Å². The van der Waals surface area contributed by atoms with Crippen LogP contribution in [0.4, 0.5) is 13.8 Å². The number of primary amides is 1. The second kappa shape index (κ2) is 7.50. The Labute approximate surface area is 141 Å². The molecule has 1 aromatic heterocycles. The van der Waals surface area contributed by atoms with Gasteiger partial charge in [0.15, 0.2) is 0 Å². The van der Waals surface area contributed by atoms with Crippen LogP contribution in [-0.4, -0.2) is 17.9 Å². The first kappa shape index (κ1) is 18.0. The van der Waals surface area contributed by atoms with Gasteiger partial charge in [0.05, 0.1) is 11.6 Å². The molecule has 4 N–H and O–H groups in total. The minimum atomic E-state index is -0.683. The summed E-state index contributed by atoms with van der Waals surface area (Å²) in [6.45, 7) is 3.27. The summed E-state index contributed by atoms with van der Waals surface area (Å²) in [5.41, 5.74) is 5.71. The number of halogens is 2. The third-order valence-electron chi connectivity index (χ3n) is 3.49. The minimum Gasteiger partial charge on any atom is -0.366 e. The Balaban J connectivity index is 2.03. The van der Waals surface area contributed by atoms with Gasteiger partial charge in [-0.25, -0.2) is 8.78 Å². The average molecular weight is 353 g/mol. The second-order valence-electron chi connectivity index (χ2n) is 5.29. The monoisotopic (exact) mass is 353 g/mol. The zero-order valence-corrected chi connectivity index (χ0v) is 13.9. The van der Waals surface area contributed by atoms with E-state index in [-0.39, 0.29) is 11.1 Å². The molecule has 2 amide bonds. The molecule has 2 rings (SSSR count). The zero-order chi connectivity index (χ0) is 17.9. The summed E-state index contributed by atoms with van der Waals surface area (Å²) in [5.74, 6) is -2.37. The van der Waals surface area contributed by atoms with Gasteiger partial charge in [0.1, 0.15) is 16.6 Å². The maximum Gasteiger partial charge on any atom is 0.251 e. The normalized spacial score (nSPS) is 13.3. The van der Waals surface area contributed by atoms with Crippen LogP contribution in [0, 0.1) is 11.6 Å². The molecule has 0 fully saturated rings. The van der Waals surface area contributed by atoms with E-state index in [4.69, 9.17) is 5.73 Å². The van der Waals surface area contributed by atoms with Crippen LogP contribution in [0.25, 0.3) is 0 Å². The van der Waals surface area contributed by atoms with E-state index in [2.05, 4.69) is 10.6 Å². The lowest BCUT2D eigenvalue weighted by Crippen LogP contribution is -2.39. The highest BCUT2D eigenvalue weighted by Crippen LogP contribution is 2.23. The molecule has 0 saturated carbocycles. The van der Waals surface area contributed by atoms with Crippen LogP contribution in [0.15, 0.2) is 29.6 Å². The highest BCUT2D eigenvalue weighted by molar-refractivity contribution is 7.14. The molecule has 128 valence electrons. The Bertz CT molecular complexity index is 764. The van der Waals surface area contributed by atoms with E-state index in [1.807, 2.05) is 0 Å². The maximum atomic E-state index is 13.8. The zero-order valence-electron chi connectivity index (χ0n) is 13.1. The van der Waals surface area contributed by atoms with Gasteiger partial charge < -0.3 is 11.1 Å². The van der Waals surface area contributed by atoms with Gasteiger partial charge in [-0.05, 0) is 31.4 Å². The van der Waals surface area contributed by atoms with Crippen molar-refractivity contribution in [3.8, 4) is 0 Å². The smallest absolute Gasteiger partial charge is 0.251 e. The number of benzene rings is 1. The number of nitrogens with one attached hydrogen (secondary N) is 2. The average Bonchev–Trinajstić information content (AvgIpc) is 2.95. The van der Waals surface area contributed by atoms with Crippen molar-refractivity contribution in [2.45, 2.75) is 25.9 Å². The third kappa shape index (κ3) is 4.15. The van der Waals surface area contributed by atoms with E-state index >= 15 is 0 Å². The lowest BCUT2D eigenvalue weighted by Gasteiger charge is -2.20. The van der Waals surface area contributed by atoms with Crippen LogP contribution >= 0.6 is 11.3 Å². The molecule has 1 heterocycles. The summed E-state index contributed by atoms with van der Waals surface area (Å²) < 4.78 is 26.7. The first-order valence-electron chi connectivity index (χ1n) is 7.18. The van der Waals surface area contributed by atoms with E-state index in [0.717, 1.165) is 12.1 Å². The van der Waals surface area contributed by atoms with E-state index in [0.29, 0.717) is 5.00 Å². The third-order valence-corrected chi connectivity index (χ3v) is 4.32. The van der Waals surface area contributed by atoms with Crippen LogP contribution in [-0.2, 0) is 4.79 Å². The number of carbonyl (C=O) groups excluding carboxylic acids is 2. The van der Waals surface area contributed by atoms with Gasteiger partial charge in [-0.15, -0.1) is 11.3 Å². The SMILES string of the molecule is CC(NC(C)c1ccc(F)cc1F)C(=O)Nc1sccc1C(N)=O. The number of thiophene rings is 1. The predicted molar refractivity (Wildman–Crippen MR) is 88.8 cm³/mol. The Morgan fingerprint density at radius 1 is 1.21 bits per heavy atom. The van der Waals surface area contributed by atoms with Crippen LogP contribution in [0.5, 0.6) is 0 Å². The van der Waals surface area contributed by atoms with Gasteiger partial charge in [0, 0.05) is 17.7 Å². The molecule has 2 atom stereocenters. The van der Waals surface area contributed by atoms with Crippen molar-refractivity contribution in [2.24, 2.45) is 5.73 Å². The number of amides is 2. The predicted octanol–water partition coefficient (Wildman–Crippen LogP) is 2.80. The minimum absolute atomic E-state index is 0.234. The van der Waals surface area contributed by atoms with Crippen LogP contribution in [0.2, 0.25) is 0 Å². The quantitative estimate of drug-likeness (QED) is 0.747. The van der Waals surface area contributed by atoms with Gasteiger partial charge in [-0.3, -0.25) is 14.9 Å². The highest BCUT2D eigenvalue weighted by atomic mass is 32.1. The van der Waals surface area contributed by atoms with Gasteiger partial charge in [-0.2, -0.15) is 0 Å². The van der Waals surface area contributed by atoms with Gasteiger partial charge >= 0.3 is 0 Å². The van der Waals surface area contributed by atoms with E-state index in [9.17, 15) is 18.4 Å². The molecule has 8 heteroatoms. The fourth-order valence-corrected chi connectivity index (χ4v) is 3.01. The molecule has 0 saturated heterocycles. The van der Waals surface area contributed by atoms with Gasteiger partial charge in [0.25, 0.3) is 5.91 Å². The van der Waals surface area contributed by atoms with Crippen molar-refractivity contribution in [1.82, 2.24) is 5.32 Å². The maximum absolute atomic E-state index is 13.8. The number of hydrogen-bond acceptors (Lipinski definition) is 4. The standard InChI is InChI=1S/C16H17F2N3O2S/c1-8(11-4-3-10(17)7-13(11)18)20-9(2)15(23)21-16-12(14(19)22)5-6-24-16/h3-9,20H,1-2H3,(H2,19,22)(H,21,23). The largest absolute Gasteiger partial charge is 0.366 e. The van der Waals surface area contributed by atoms with Crippen molar-refractivity contribution in [1.29, 1.82) is 0 Å². The molecule has 0 aliphatic carbocycles. The molecule has 2 aromatic rings. The molecule has 2 unspecified atom stereocenters. The lowest BCUT2D eigenvalue weighted by molar-refractivity contribution is -0.117. The number of carbonyl (C=O) groups is 2. The Morgan fingerprint density at radius 3 is 2.54 bits per heavy atom. The van der Waals surface area contributed by atoms with Crippen LogP contribution in [0.3, 0.4) is 0 Å². The summed E-state index contributed by atoms with van der Waals surface area (Å²) in [5, 5.41) is 7.55. The highest BCUT2D eigenvalue weighted by Gasteiger charge is 2.20. The van der Waals surface area contributed by atoms with Crippen molar-refractivity contribution >= 4 is 28.2 Å². The summed E-state index contributed by atoms with van der Waals surface area (Å²) in [4.78, 5) is 23.5.